The Morgan fingerprint density at radius 2 is 2.12 bits per heavy atom. The Bertz CT molecular complexity index is 748. The number of amides is 1. The van der Waals surface area contributed by atoms with Gasteiger partial charge in [-0.1, -0.05) is 12.1 Å². The third kappa shape index (κ3) is 3.35. The monoisotopic (exact) mass is 338 g/mol. The van der Waals surface area contributed by atoms with Crippen LogP contribution in [0.2, 0.25) is 0 Å². The van der Waals surface area contributed by atoms with Crippen molar-refractivity contribution in [1.29, 1.82) is 0 Å². The Kier molecular flexibility index (Phi) is 4.36. The van der Waals surface area contributed by atoms with E-state index in [1.54, 1.807) is 19.4 Å². The first-order valence-electron chi connectivity index (χ1n) is 8.73. The molecule has 1 aliphatic carbocycles. The number of likely N-dealkylation sites (tertiary alicyclic amines) is 1. The van der Waals surface area contributed by atoms with E-state index in [0.29, 0.717) is 11.6 Å². The van der Waals surface area contributed by atoms with Gasteiger partial charge in [0.05, 0.1) is 37.2 Å². The number of hydrogen-bond donors (Lipinski definition) is 1. The number of carbonyl (C=O) groups excluding carboxylic acids is 1. The molecule has 2 aromatic rings. The lowest BCUT2D eigenvalue weighted by atomic mass is 9.99. The van der Waals surface area contributed by atoms with Crippen LogP contribution in [0.25, 0.3) is 0 Å². The highest BCUT2D eigenvalue weighted by atomic mass is 16.5. The Hall–Kier alpha value is -2.47. The number of ether oxygens (including phenoxy) is 1. The van der Waals surface area contributed by atoms with Crippen LogP contribution in [0.4, 0.5) is 0 Å². The number of nitrogens with one attached hydrogen (secondary N) is 1. The highest BCUT2D eigenvalue weighted by Crippen LogP contribution is 2.41. The molecule has 2 heterocycles. The Morgan fingerprint density at radius 3 is 2.84 bits per heavy atom. The minimum absolute atomic E-state index is 0.0772. The quantitative estimate of drug-likeness (QED) is 0.905. The number of nitrogens with zero attached hydrogens (tertiary/aromatic N) is 3. The van der Waals surface area contributed by atoms with Gasteiger partial charge in [0.1, 0.15) is 5.75 Å². The van der Waals surface area contributed by atoms with Crippen molar-refractivity contribution in [2.45, 2.75) is 37.4 Å². The van der Waals surface area contributed by atoms with E-state index in [9.17, 15) is 4.79 Å². The summed E-state index contributed by atoms with van der Waals surface area (Å²) in [6.07, 6.45) is 6.48. The summed E-state index contributed by atoms with van der Waals surface area (Å²) in [4.78, 5) is 15.1. The van der Waals surface area contributed by atoms with E-state index >= 15 is 0 Å². The van der Waals surface area contributed by atoms with E-state index < -0.39 is 0 Å². The van der Waals surface area contributed by atoms with Gasteiger partial charge in [-0.15, -0.1) is 0 Å². The van der Waals surface area contributed by atoms with Crippen molar-refractivity contribution < 1.29 is 9.53 Å². The number of methoxy groups -OCH3 is 1. The molecule has 6 nitrogen and oxygen atoms in total. The fourth-order valence-corrected chi connectivity index (χ4v) is 3.71. The second-order valence-electron chi connectivity index (χ2n) is 6.69. The van der Waals surface area contributed by atoms with Crippen molar-refractivity contribution in [3.8, 4) is 5.75 Å². The largest absolute Gasteiger partial charge is 0.497 e. The molecule has 2 fully saturated rings. The van der Waals surface area contributed by atoms with Crippen LogP contribution in [0.1, 0.15) is 41.2 Å². The number of benzene rings is 1. The van der Waals surface area contributed by atoms with E-state index in [2.05, 4.69) is 32.5 Å². The van der Waals surface area contributed by atoms with Crippen molar-refractivity contribution in [2.75, 3.05) is 13.7 Å². The van der Waals surface area contributed by atoms with Crippen LogP contribution in [0.3, 0.4) is 0 Å². The fraction of sp³-hybridized carbons (Fsp3) is 0.421. The molecule has 0 radical (unpaired) electrons. The summed E-state index contributed by atoms with van der Waals surface area (Å²) in [5, 5.41) is 10.7. The minimum Gasteiger partial charge on any atom is -0.497 e. The lowest BCUT2D eigenvalue weighted by Crippen LogP contribution is -2.40. The van der Waals surface area contributed by atoms with Gasteiger partial charge < -0.3 is 10.1 Å². The second-order valence-corrected chi connectivity index (χ2v) is 6.69. The fourth-order valence-electron chi connectivity index (χ4n) is 3.71. The van der Waals surface area contributed by atoms with Crippen LogP contribution in [0, 0.1) is 0 Å². The molecule has 25 heavy (non-hydrogen) atoms. The summed E-state index contributed by atoms with van der Waals surface area (Å²) in [6, 6.07) is 10.8. The molecule has 1 amide bonds. The van der Waals surface area contributed by atoms with E-state index in [-0.39, 0.29) is 18.0 Å². The molecule has 0 spiro atoms. The molecule has 1 aromatic heterocycles. The molecular weight excluding hydrogens is 316 g/mol. The lowest BCUT2D eigenvalue weighted by Gasteiger charge is -2.29. The summed E-state index contributed by atoms with van der Waals surface area (Å²) < 4.78 is 5.39. The third-order valence-corrected chi connectivity index (χ3v) is 5.05. The van der Waals surface area contributed by atoms with E-state index in [4.69, 9.17) is 4.74 Å². The maximum Gasteiger partial charge on any atom is 0.253 e. The molecule has 0 unspecified atom stereocenters. The summed E-state index contributed by atoms with van der Waals surface area (Å²) in [5.41, 5.74) is 1.74. The van der Waals surface area contributed by atoms with Crippen LogP contribution in [-0.2, 0) is 0 Å². The van der Waals surface area contributed by atoms with Crippen LogP contribution in [0.5, 0.6) is 5.75 Å². The molecule has 1 aliphatic heterocycles. The standard InChI is InChI=1S/C19H22N4O2/c1-25-16-4-2-3-13(11-16)18-17(8-10-23(18)15-5-6-15)22-19(24)14-7-9-20-21-12-14/h2-4,7,9,11-12,15,17-18H,5-6,8,10H2,1H3,(H,22,24)/t17-,18+/m1/s1. The maximum absolute atomic E-state index is 12.6. The van der Waals surface area contributed by atoms with Gasteiger partial charge in [-0.3, -0.25) is 9.69 Å². The van der Waals surface area contributed by atoms with E-state index in [0.717, 1.165) is 18.7 Å². The highest BCUT2D eigenvalue weighted by molar-refractivity contribution is 5.94. The second kappa shape index (κ2) is 6.80. The van der Waals surface area contributed by atoms with Crippen LogP contribution in [0.15, 0.2) is 42.7 Å². The smallest absolute Gasteiger partial charge is 0.253 e. The number of aromatic nitrogens is 2. The van der Waals surface area contributed by atoms with E-state index in [1.807, 2.05) is 12.1 Å². The molecular formula is C19H22N4O2. The van der Waals surface area contributed by atoms with E-state index in [1.165, 1.54) is 24.6 Å². The topological polar surface area (TPSA) is 67.3 Å². The molecule has 130 valence electrons. The Morgan fingerprint density at radius 1 is 1.24 bits per heavy atom. The average Bonchev–Trinajstić information content (AvgIpc) is 3.43. The molecule has 2 atom stereocenters. The van der Waals surface area contributed by atoms with Crippen LogP contribution in [-0.4, -0.2) is 46.7 Å². The summed E-state index contributed by atoms with van der Waals surface area (Å²) in [5.74, 6) is 0.758. The number of carbonyl (C=O) groups is 1. The van der Waals surface area contributed by atoms with Gasteiger partial charge in [-0.25, -0.2) is 0 Å². The SMILES string of the molecule is COc1cccc([C@H]2[C@H](NC(=O)c3ccnnc3)CCN2C2CC2)c1. The predicted molar refractivity (Wildman–Crippen MR) is 93.4 cm³/mol. The van der Waals surface area contributed by atoms with Crippen molar-refractivity contribution in [3.63, 3.8) is 0 Å². The summed E-state index contributed by atoms with van der Waals surface area (Å²) in [7, 11) is 1.68. The third-order valence-electron chi connectivity index (χ3n) is 5.05. The Labute approximate surface area is 147 Å². The highest BCUT2D eigenvalue weighted by Gasteiger charge is 2.43. The van der Waals surface area contributed by atoms with Crippen molar-refractivity contribution >= 4 is 5.91 Å². The molecule has 1 N–H and O–H groups in total. The molecule has 0 bridgehead atoms. The van der Waals surface area contributed by atoms with Gasteiger partial charge in [-0.05, 0) is 43.0 Å². The maximum atomic E-state index is 12.6. The molecule has 6 heteroatoms. The molecule has 1 saturated heterocycles. The summed E-state index contributed by atoms with van der Waals surface area (Å²) >= 11 is 0. The number of rotatable bonds is 5. The first-order valence-corrected chi connectivity index (χ1v) is 8.73. The zero-order chi connectivity index (χ0) is 17.2. The first-order chi connectivity index (χ1) is 12.3. The zero-order valence-corrected chi connectivity index (χ0v) is 14.3. The van der Waals surface area contributed by atoms with Gasteiger partial charge in [0.15, 0.2) is 0 Å². The molecule has 4 rings (SSSR count). The molecule has 2 aliphatic rings. The van der Waals surface area contributed by atoms with Gasteiger partial charge in [0, 0.05) is 12.6 Å². The predicted octanol–water partition coefficient (Wildman–Crippen LogP) is 2.19. The first kappa shape index (κ1) is 16.0. The number of hydrogen-bond acceptors (Lipinski definition) is 5. The molecule has 1 aromatic carbocycles. The average molecular weight is 338 g/mol. The van der Waals surface area contributed by atoms with Gasteiger partial charge in [0.2, 0.25) is 0 Å². The van der Waals surface area contributed by atoms with Gasteiger partial charge in [0.25, 0.3) is 5.91 Å². The molecule has 1 saturated carbocycles. The van der Waals surface area contributed by atoms with Crippen molar-refractivity contribution in [1.82, 2.24) is 20.4 Å². The zero-order valence-electron chi connectivity index (χ0n) is 14.3. The van der Waals surface area contributed by atoms with Gasteiger partial charge >= 0.3 is 0 Å². The minimum atomic E-state index is -0.0922. The van der Waals surface area contributed by atoms with Crippen molar-refractivity contribution in [2.24, 2.45) is 0 Å². The van der Waals surface area contributed by atoms with Gasteiger partial charge in [-0.2, -0.15) is 10.2 Å². The van der Waals surface area contributed by atoms with Crippen molar-refractivity contribution in [3.05, 3.63) is 53.9 Å². The summed E-state index contributed by atoms with van der Waals surface area (Å²) in [6.45, 7) is 1.01. The lowest BCUT2D eigenvalue weighted by molar-refractivity contribution is 0.0923. The van der Waals surface area contributed by atoms with Crippen LogP contribution >= 0.6 is 0 Å². The van der Waals surface area contributed by atoms with Crippen LogP contribution < -0.4 is 10.1 Å². The normalized spacial score (nSPS) is 23.4. The Balaban J connectivity index is 1.58.